The molecule has 2 rings (SSSR count). The maximum absolute atomic E-state index is 12.2. The van der Waals surface area contributed by atoms with E-state index >= 15 is 0 Å². The van der Waals surface area contributed by atoms with Crippen LogP contribution in [-0.4, -0.2) is 23.3 Å². The fraction of sp³-hybridized carbons (Fsp3) is 0.125. The molecule has 2 aromatic rings. The number of carbonyl (C=O) groups is 2. The summed E-state index contributed by atoms with van der Waals surface area (Å²) < 4.78 is 40.0. The highest BCUT2D eigenvalue weighted by molar-refractivity contribution is 6.00. The molecular formula is C16H14F3N3O3. The summed E-state index contributed by atoms with van der Waals surface area (Å²) in [5, 5.41) is 2.38. The third-order valence-electron chi connectivity index (χ3n) is 3.03. The van der Waals surface area contributed by atoms with Gasteiger partial charge in [-0.2, -0.15) is 0 Å². The zero-order valence-corrected chi connectivity index (χ0v) is 12.8. The quantitative estimate of drug-likeness (QED) is 0.879. The van der Waals surface area contributed by atoms with Gasteiger partial charge in [-0.05, 0) is 29.8 Å². The number of nitrogens with one attached hydrogen (secondary N) is 1. The number of benzene rings is 2. The molecule has 132 valence electrons. The van der Waals surface area contributed by atoms with Crippen molar-refractivity contribution in [3.63, 3.8) is 0 Å². The largest absolute Gasteiger partial charge is 0.573 e. The van der Waals surface area contributed by atoms with Gasteiger partial charge in [-0.25, -0.2) is 14.5 Å². The fourth-order valence-corrected chi connectivity index (χ4v) is 1.95. The molecule has 0 atom stereocenters. The molecule has 0 bridgehead atoms. The number of halogens is 3. The normalized spacial score (nSPS) is 10.8. The molecule has 4 amide bonds. The second-order valence-electron chi connectivity index (χ2n) is 4.91. The molecule has 0 fully saturated rings. The second kappa shape index (κ2) is 7.56. The average Bonchev–Trinajstić information content (AvgIpc) is 2.53. The number of nitrogens with two attached hydrogens (primary N) is 1. The zero-order valence-electron chi connectivity index (χ0n) is 12.8. The van der Waals surface area contributed by atoms with E-state index in [-0.39, 0.29) is 12.2 Å². The number of primary amides is 1. The van der Waals surface area contributed by atoms with Gasteiger partial charge >= 0.3 is 18.4 Å². The molecule has 6 nitrogen and oxygen atoms in total. The Kier molecular flexibility index (Phi) is 5.48. The first-order valence-corrected chi connectivity index (χ1v) is 7.02. The smallest absolute Gasteiger partial charge is 0.406 e. The molecule has 25 heavy (non-hydrogen) atoms. The predicted octanol–water partition coefficient (Wildman–Crippen LogP) is 3.70. The van der Waals surface area contributed by atoms with E-state index in [0.29, 0.717) is 5.56 Å². The van der Waals surface area contributed by atoms with Crippen LogP contribution < -0.4 is 15.8 Å². The Labute approximate surface area is 141 Å². The molecule has 0 spiro atoms. The summed E-state index contributed by atoms with van der Waals surface area (Å²) >= 11 is 0. The summed E-state index contributed by atoms with van der Waals surface area (Å²) in [4.78, 5) is 24.4. The van der Waals surface area contributed by atoms with E-state index < -0.39 is 24.2 Å². The van der Waals surface area contributed by atoms with E-state index in [0.717, 1.165) is 17.0 Å². The van der Waals surface area contributed by atoms with Crippen molar-refractivity contribution >= 4 is 17.7 Å². The van der Waals surface area contributed by atoms with Crippen molar-refractivity contribution < 1.29 is 27.5 Å². The predicted molar refractivity (Wildman–Crippen MR) is 83.7 cm³/mol. The minimum Gasteiger partial charge on any atom is -0.406 e. The fourth-order valence-electron chi connectivity index (χ4n) is 1.95. The minimum absolute atomic E-state index is 0.0444. The van der Waals surface area contributed by atoms with Crippen LogP contribution in [0.2, 0.25) is 0 Å². The maximum Gasteiger partial charge on any atom is 0.573 e. The van der Waals surface area contributed by atoms with Crippen molar-refractivity contribution in [2.45, 2.75) is 12.9 Å². The number of carbonyl (C=O) groups excluding carboxylic acids is 2. The lowest BCUT2D eigenvalue weighted by Crippen LogP contribution is -2.42. The number of urea groups is 2. The summed E-state index contributed by atoms with van der Waals surface area (Å²) in [7, 11) is 0. The van der Waals surface area contributed by atoms with Gasteiger partial charge in [0.25, 0.3) is 0 Å². The topological polar surface area (TPSA) is 84.7 Å². The van der Waals surface area contributed by atoms with Crippen LogP contribution in [-0.2, 0) is 6.54 Å². The van der Waals surface area contributed by atoms with Crippen molar-refractivity contribution in [3.8, 4) is 5.75 Å². The van der Waals surface area contributed by atoms with Crippen LogP contribution in [0.25, 0.3) is 0 Å². The van der Waals surface area contributed by atoms with Gasteiger partial charge in [0, 0.05) is 5.69 Å². The van der Waals surface area contributed by atoms with E-state index in [4.69, 9.17) is 5.73 Å². The van der Waals surface area contributed by atoms with Gasteiger partial charge < -0.3 is 15.8 Å². The number of ether oxygens (including phenoxy) is 1. The van der Waals surface area contributed by atoms with Crippen LogP contribution in [0.15, 0.2) is 54.6 Å². The number of hydrogen-bond donors (Lipinski definition) is 2. The van der Waals surface area contributed by atoms with Crippen LogP contribution in [0.3, 0.4) is 0 Å². The van der Waals surface area contributed by atoms with Crippen LogP contribution >= 0.6 is 0 Å². The van der Waals surface area contributed by atoms with Gasteiger partial charge in [-0.15, -0.1) is 13.2 Å². The van der Waals surface area contributed by atoms with Gasteiger partial charge in [0.1, 0.15) is 5.75 Å². The first-order chi connectivity index (χ1) is 11.7. The van der Waals surface area contributed by atoms with Crippen LogP contribution in [0.4, 0.5) is 28.4 Å². The third-order valence-corrected chi connectivity index (χ3v) is 3.03. The van der Waals surface area contributed by atoms with Crippen LogP contribution in [0, 0.1) is 0 Å². The number of rotatable bonds is 4. The zero-order chi connectivity index (χ0) is 18.4. The Morgan fingerprint density at radius 2 is 1.64 bits per heavy atom. The molecule has 0 aliphatic heterocycles. The second-order valence-corrected chi connectivity index (χ2v) is 4.91. The van der Waals surface area contributed by atoms with Crippen molar-refractivity contribution in [2.75, 3.05) is 5.32 Å². The van der Waals surface area contributed by atoms with Crippen molar-refractivity contribution in [3.05, 3.63) is 60.2 Å². The summed E-state index contributed by atoms with van der Waals surface area (Å²) in [6, 6.07) is 11.4. The van der Waals surface area contributed by atoms with Gasteiger partial charge in [0.05, 0.1) is 6.54 Å². The highest BCUT2D eigenvalue weighted by atomic mass is 19.4. The summed E-state index contributed by atoms with van der Waals surface area (Å²) in [6.07, 6.45) is -4.80. The Morgan fingerprint density at radius 1 is 1.04 bits per heavy atom. The van der Waals surface area contributed by atoms with Gasteiger partial charge in [-0.3, -0.25) is 0 Å². The molecule has 0 saturated heterocycles. The molecule has 0 heterocycles. The number of anilines is 1. The lowest BCUT2D eigenvalue weighted by Gasteiger charge is -2.19. The molecule has 2 aromatic carbocycles. The van der Waals surface area contributed by atoms with Gasteiger partial charge in [0.15, 0.2) is 0 Å². The first-order valence-electron chi connectivity index (χ1n) is 7.02. The Bertz CT molecular complexity index is 734. The Balaban J connectivity index is 2.04. The minimum atomic E-state index is -4.80. The van der Waals surface area contributed by atoms with Crippen molar-refractivity contribution in [1.29, 1.82) is 0 Å². The highest BCUT2D eigenvalue weighted by Gasteiger charge is 2.31. The molecule has 0 radical (unpaired) electrons. The summed E-state index contributed by atoms with van der Waals surface area (Å²) in [5.74, 6) is -0.429. The molecule has 0 saturated carbocycles. The van der Waals surface area contributed by atoms with Crippen LogP contribution in [0.5, 0.6) is 5.75 Å². The molecule has 0 unspecified atom stereocenters. The average molecular weight is 353 g/mol. The lowest BCUT2D eigenvalue weighted by molar-refractivity contribution is -0.274. The molecule has 0 aliphatic carbocycles. The molecule has 0 aliphatic rings. The maximum atomic E-state index is 12.2. The van der Waals surface area contributed by atoms with E-state index in [9.17, 15) is 22.8 Å². The Hall–Kier alpha value is -3.23. The van der Waals surface area contributed by atoms with Gasteiger partial charge in [0.2, 0.25) is 0 Å². The van der Waals surface area contributed by atoms with E-state index in [1.54, 1.807) is 30.3 Å². The van der Waals surface area contributed by atoms with Gasteiger partial charge in [-0.1, -0.05) is 30.3 Å². The van der Waals surface area contributed by atoms with Crippen molar-refractivity contribution in [1.82, 2.24) is 4.90 Å². The van der Waals surface area contributed by atoms with Crippen molar-refractivity contribution in [2.24, 2.45) is 5.73 Å². The number of amides is 4. The first kappa shape index (κ1) is 18.1. The Morgan fingerprint density at radius 3 is 2.16 bits per heavy atom. The molecular weight excluding hydrogens is 339 g/mol. The molecule has 0 aromatic heterocycles. The van der Waals surface area contributed by atoms with E-state index in [1.807, 2.05) is 0 Å². The summed E-state index contributed by atoms with van der Waals surface area (Å²) in [6.45, 7) is -0.0444. The number of nitrogens with zero attached hydrogens (tertiary/aromatic N) is 1. The lowest BCUT2D eigenvalue weighted by atomic mass is 10.2. The number of alkyl halides is 3. The highest BCUT2D eigenvalue weighted by Crippen LogP contribution is 2.24. The summed E-state index contributed by atoms with van der Waals surface area (Å²) in [5.41, 5.74) is 6.08. The van der Waals surface area contributed by atoms with Crippen LogP contribution in [0.1, 0.15) is 5.56 Å². The number of hydrogen-bond acceptors (Lipinski definition) is 3. The molecule has 3 N–H and O–H groups in total. The van der Waals surface area contributed by atoms with E-state index in [1.165, 1.54) is 12.1 Å². The standard InChI is InChI=1S/C16H14F3N3O3/c17-16(18,19)25-13-8-6-12(7-9-13)21-15(24)22(14(20)23)10-11-4-2-1-3-5-11/h1-9H,10H2,(H2,20,23)(H,21,24). The SMILES string of the molecule is NC(=O)N(Cc1ccccc1)C(=O)Nc1ccc(OC(F)(F)F)cc1. The number of imide groups is 1. The van der Waals surface area contributed by atoms with E-state index in [2.05, 4.69) is 10.1 Å². The molecule has 9 heteroatoms. The third kappa shape index (κ3) is 5.72. The monoisotopic (exact) mass is 353 g/mol.